The van der Waals surface area contributed by atoms with E-state index in [0.29, 0.717) is 37.6 Å². The van der Waals surface area contributed by atoms with E-state index in [4.69, 9.17) is 0 Å². The van der Waals surface area contributed by atoms with E-state index in [1.54, 1.807) is 26.0 Å². The molecule has 0 aliphatic carbocycles. The molecule has 2 heterocycles. The quantitative estimate of drug-likeness (QED) is 0.583. The number of hydrogen-bond donors (Lipinski definition) is 0. The molecule has 1 aliphatic rings. The molecule has 3 rings (SSSR count). The summed E-state index contributed by atoms with van der Waals surface area (Å²) in [7, 11) is 0. The number of benzene rings is 1. The lowest BCUT2D eigenvalue weighted by molar-refractivity contribution is -0.386. The number of anilines is 2. The standard InChI is InChI=1S/C18H18N6O4/c1-12-16(11-19)18(20-13(2)17(12)24(27)28)22-9-7-21(8-10-22)14-3-5-15(6-4-14)23(25)26/h3-6H,7-10H2,1-2H3. The Balaban J connectivity index is 1.81. The third-order valence-corrected chi connectivity index (χ3v) is 4.87. The highest BCUT2D eigenvalue weighted by molar-refractivity contribution is 5.65. The second kappa shape index (κ2) is 7.48. The fourth-order valence-electron chi connectivity index (χ4n) is 3.42. The van der Waals surface area contributed by atoms with Crippen LogP contribution in [0.15, 0.2) is 24.3 Å². The van der Waals surface area contributed by atoms with Gasteiger partial charge in [0.15, 0.2) is 0 Å². The lowest BCUT2D eigenvalue weighted by atomic mass is 10.1. The molecule has 0 radical (unpaired) electrons. The fraction of sp³-hybridized carbons (Fsp3) is 0.333. The smallest absolute Gasteiger partial charge is 0.294 e. The zero-order chi connectivity index (χ0) is 20.4. The molecule has 0 amide bonds. The molecule has 1 aromatic carbocycles. The molecule has 10 nitrogen and oxygen atoms in total. The molecule has 2 aromatic rings. The van der Waals surface area contributed by atoms with Gasteiger partial charge in [-0.3, -0.25) is 20.2 Å². The minimum atomic E-state index is -0.505. The minimum absolute atomic E-state index is 0.0436. The third kappa shape index (κ3) is 3.42. The number of hydrogen-bond acceptors (Lipinski definition) is 8. The molecule has 1 aliphatic heterocycles. The molecule has 1 fully saturated rings. The van der Waals surface area contributed by atoms with Gasteiger partial charge in [0.25, 0.3) is 11.4 Å². The Hall–Kier alpha value is -3.74. The first-order valence-corrected chi connectivity index (χ1v) is 8.63. The average molecular weight is 382 g/mol. The maximum Gasteiger partial charge on any atom is 0.294 e. The number of pyridine rings is 1. The van der Waals surface area contributed by atoms with Gasteiger partial charge < -0.3 is 9.80 Å². The van der Waals surface area contributed by atoms with Crippen LogP contribution in [-0.4, -0.2) is 41.0 Å². The van der Waals surface area contributed by atoms with E-state index < -0.39 is 9.85 Å². The third-order valence-electron chi connectivity index (χ3n) is 4.87. The molecule has 0 spiro atoms. The number of aromatic nitrogens is 1. The molecule has 0 saturated carbocycles. The Labute approximate surface area is 160 Å². The van der Waals surface area contributed by atoms with Gasteiger partial charge in [-0.15, -0.1) is 0 Å². The second-order valence-electron chi connectivity index (χ2n) is 6.49. The molecule has 0 bridgehead atoms. The summed E-state index contributed by atoms with van der Waals surface area (Å²) >= 11 is 0. The number of nitro benzene ring substituents is 1. The number of nitrogens with zero attached hydrogens (tertiary/aromatic N) is 6. The predicted octanol–water partition coefficient (Wildman–Crippen LogP) is 2.71. The second-order valence-corrected chi connectivity index (χ2v) is 6.49. The van der Waals surface area contributed by atoms with Crippen molar-refractivity contribution < 1.29 is 9.85 Å². The number of piperazine rings is 1. The summed E-state index contributed by atoms with van der Waals surface area (Å²) in [6, 6.07) is 8.43. The Kier molecular flexibility index (Phi) is 5.08. The van der Waals surface area contributed by atoms with Crippen LogP contribution in [0.3, 0.4) is 0 Å². The molecular weight excluding hydrogens is 364 g/mol. The van der Waals surface area contributed by atoms with Crippen LogP contribution in [0.5, 0.6) is 0 Å². The first-order valence-electron chi connectivity index (χ1n) is 8.63. The summed E-state index contributed by atoms with van der Waals surface area (Å²) in [4.78, 5) is 29.5. The van der Waals surface area contributed by atoms with Gasteiger partial charge in [0, 0.05) is 44.0 Å². The van der Waals surface area contributed by atoms with Crippen molar-refractivity contribution in [1.29, 1.82) is 5.26 Å². The van der Waals surface area contributed by atoms with Crippen LogP contribution >= 0.6 is 0 Å². The van der Waals surface area contributed by atoms with Crippen molar-refractivity contribution in [3.63, 3.8) is 0 Å². The van der Waals surface area contributed by atoms with E-state index in [0.717, 1.165) is 5.69 Å². The summed E-state index contributed by atoms with van der Waals surface area (Å²) in [5.74, 6) is 0.464. The molecule has 0 N–H and O–H groups in total. The number of nitriles is 1. The van der Waals surface area contributed by atoms with Gasteiger partial charge in [0.1, 0.15) is 23.1 Å². The normalized spacial score (nSPS) is 13.9. The lowest BCUT2D eigenvalue weighted by Crippen LogP contribution is -2.47. The summed E-state index contributed by atoms with van der Waals surface area (Å²) in [5, 5.41) is 31.6. The fourth-order valence-corrected chi connectivity index (χ4v) is 3.42. The molecule has 0 unspecified atom stereocenters. The van der Waals surface area contributed by atoms with Crippen molar-refractivity contribution in [2.24, 2.45) is 0 Å². The minimum Gasteiger partial charge on any atom is -0.368 e. The first kappa shape index (κ1) is 19.0. The Morgan fingerprint density at radius 3 is 2.07 bits per heavy atom. The van der Waals surface area contributed by atoms with Crippen molar-refractivity contribution in [3.05, 3.63) is 61.3 Å². The van der Waals surface area contributed by atoms with E-state index >= 15 is 0 Å². The van der Waals surface area contributed by atoms with E-state index in [1.165, 1.54) is 12.1 Å². The molecule has 0 atom stereocenters. The Morgan fingerprint density at radius 1 is 1.00 bits per heavy atom. The molecule has 1 saturated heterocycles. The molecule has 144 valence electrons. The predicted molar refractivity (Wildman–Crippen MR) is 103 cm³/mol. The number of aryl methyl sites for hydroxylation is 1. The Morgan fingerprint density at radius 2 is 1.57 bits per heavy atom. The van der Waals surface area contributed by atoms with Crippen LogP contribution in [0.4, 0.5) is 22.9 Å². The number of nitro groups is 2. The van der Waals surface area contributed by atoms with Crippen molar-refractivity contribution in [3.8, 4) is 6.07 Å². The molecule has 1 aromatic heterocycles. The van der Waals surface area contributed by atoms with E-state index in [9.17, 15) is 25.5 Å². The van der Waals surface area contributed by atoms with Crippen LogP contribution in [0.2, 0.25) is 0 Å². The van der Waals surface area contributed by atoms with Gasteiger partial charge in [0.2, 0.25) is 0 Å². The SMILES string of the molecule is Cc1nc(N2CCN(c3ccc([N+](=O)[O-])cc3)CC2)c(C#N)c(C)c1[N+](=O)[O-]. The van der Waals surface area contributed by atoms with E-state index in [2.05, 4.69) is 16.0 Å². The molecular formula is C18H18N6O4. The van der Waals surface area contributed by atoms with Gasteiger partial charge in [-0.25, -0.2) is 4.98 Å². The highest BCUT2D eigenvalue weighted by atomic mass is 16.6. The van der Waals surface area contributed by atoms with Crippen molar-refractivity contribution in [2.75, 3.05) is 36.0 Å². The number of non-ortho nitro benzene ring substituents is 1. The summed E-state index contributed by atoms with van der Waals surface area (Å²) in [5.41, 5.74) is 1.64. The highest BCUT2D eigenvalue weighted by Gasteiger charge is 2.27. The van der Waals surface area contributed by atoms with Crippen LogP contribution < -0.4 is 9.80 Å². The van der Waals surface area contributed by atoms with Crippen molar-refractivity contribution in [1.82, 2.24) is 4.98 Å². The average Bonchev–Trinajstić information content (AvgIpc) is 2.67. The summed E-state index contributed by atoms with van der Waals surface area (Å²) < 4.78 is 0. The van der Waals surface area contributed by atoms with Gasteiger partial charge in [-0.05, 0) is 26.0 Å². The Bertz CT molecular complexity index is 975. The van der Waals surface area contributed by atoms with Crippen LogP contribution in [0, 0.1) is 45.4 Å². The van der Waals surface area contributed by atoms with Gasteiger partial charge >= 0.3 is 0 Å². The van der Waals surface area contributed by atoms with Crippen LogP contribution in [0.1, 0.15) is 16.8 Å². The molecule has 28 heavy (non-hydrogen) atoms. The highest BCUT2D eigenvalue weighted by Crippen LogP contribution is 2.31. The molecule has 10 heteroatoms. The lowest BCUT2D eigenvalue weighted by Gasteiger charge is -2.37. The topological polar surface area (TPSA) is 129 Å². The maximum absolute atomic E-state index is 11.3. The first-order chi connectivity index (χ1) is 13.3. The monoisotopic (exact) mass is 382 g/mol. The summed E-state index contributed by atoms with van der Waals surface area (Å²) in [6.45, 7) is 5.58. The van der Waals surface area contributed by atoms with Crippen LogP contribution in [0.25, 0.3) is 0 Å². The number of rotatable bonds is 4. The maximum atomic E-state index is 11.3. The van der Waals surface area contributed by atoms with E-state index in [-0.39, 0.29) is 22.6 Å². The largest absolute Gasteiger partial charge is 0.368 e. The van der Waals surface area contributed by atoms with Gasteiger partial charge in [0.05, 0.1) is 15.4 Å². The van der Waals surface area contributed by atoms with E-state index in [1.807, 2.05) is 4.90 Å². The van der Waals surface area contributed by atoms with Crippen molar-refractivity contribution in [2.45, 2.75) is 13.8 Å². The van der Waals surface area contributed by atoms with Crippen LogP contribution in [-0.2, 0) is 0 Å². The zero-order valence-corrected chi connectivity index (χ0v) is 15.5. The summed E-state index contributed by atoms with van der Waals surface area (Å²) in [6.07, 6.45) is 0. The van der Waals surface area contributed by atoms with Gasteiger partial charge in [-0.1, -0.05) is 0 Å². The van der Waals surface area contributed by atoms with Crippen molar-refractivity contribution >= 4 is 22.9 Å². The zero-order valence-electron chi connectivity index (χ0n) is 15.5. The van der Waals surface area contributed by atoms with Gasteiger partial charge in [-0.2, -0.15) is 5.26 Å².